The lowest BCUT2D eigenvalue weighted by molar-refractivity contribution is -0.142. The van der Waals surface area contributed by atoms with E-state index in [0.29, 0.717) is 16.7 Å². The normalized spacial score (nSPS) is 10.4. The quantitative estimate of drug-likeness (QED) is 0.812. The third-order valence-electron chi connectivity index (χ3n) is 3.63. The molecule has 0 spiro atoms. The van der Waals surface area contributed by atoms with Gasteiger partial charge >= 0.3 is 5.97 Å². The number of carbonyl (C=O) groups is 2. The van der Waals surface area contributed by atoms with Crippen LogP contribution in [-0.2, 0) is 9.53 Å². The van der Waals surface area contributed by atoms with Gasteiger partial charge in [0.05, 0.1) is 13.0 Å². The first kappa shape index (κ1) is 18.6. The molecule has 0 radical (unpaired) electrons. The molecule has 0 aromatic heterocycles. The highest BCUT2D eigenvalue weighted by atomic mass is 19.1. The van der Waals surface area contributed by atoms with Crippen molar-refractivity contribution in [3.05, 3.63) is 59.2 Å². The van der Waals surface area contributed by atoms with E-state index < -0.39 is 17.7 Å². The molecule has 0 unspecified atom stereocenters. The molecule has 2 rings (SSSR count). The van der Waals surface area contributed by atoms with Gasteiger partial charge in [-0.05, 0) is 49.2 Å². The zero-order valence-corrected chi connectivity index (χ0v) is 14.1. The van der Waals surface area contributed by atoms with Crippen LogP contribution in [0.1, 0.15) is 29.3 Å². The molecule has 2 aromatic carbocycles. The number of halogens is 2. The topological polar surface area (TPSA) is 55.4 Å². The van der Waals surface area contributed by atoms with Crippen molar-refractivity contribution in [3.8, 4) is 11.1 Å². The molecule has 0 bridgehead atoms. The van der Waals surface area contributed by atoms with Gasteiger partial charge in [0.25, 0.3) is 5.91 Å². The zero-order chi connectivity index (χ0) is 18.4. The van der Waals surface area contributed by atoms with E-state index in [1.54, 1.807) is 13.8 Å². The number of benzene rings is 2. The fourth-order valence-electron chi connectivity index (χ4n) is 2.42. The SMILES string of the molecule is CCOC(=O)CCNC(=O)c1ccc(-c2ccc(F)cc2C)c(F)c1. The fraction of sp³-hybridized carbons (Fsp3) is 0.263. The Balaban J connectivity index is 2.08. The van der Waals surface area contributed by atoms with Crippen LogP contribution in [0.25, 0.3) is 11.1 Å². The lowest BCUT2D eigenvalue weighted by Gasteiger charge is -2.10. The molecular weight excluding hydrogens is 328 g/mol. The smallest absolute Gasteiger partial charge is 0.307 e. The third kappa shape index (κ3) is 4.86. The molecule has 25 heavy (non-hydrogen) atoms. The molecule has 6 heteroatoms. The molecule has 1 amide bonds. The Bertz CT molecular complexity index is 790. The van der Waals surface area contributed by atoms with Crippen LogP contribution in [0.15, 0.2) is 36.4 Å². The zero-order valence-electron chi connectivity index (χ0n) is 14.1. The number of hydrogen-bond donors (Lipinski definition) is 1. The summed E-state index contributed by atoms with van der Waals surface area (Å²) in [6.45, 7) is 3.78. The number of carbonyl (C=O) groups excluding carboxylic acids is 2. The van der Waals surface area contributed by atoms with Gasteiger partial charge in [0.1, 0.15) is 11.6 Å². The maximum Gasteiger partial charge on any atom is 0.307 e. The minimum atomic E-state index is -0.576. The van der Waals surface area contributed by atoms with Crippen LogP contribution in [0, 0.1) is 18.6 Å². The van der Waals surface area contributed by atoms with Gasteiger partial charge in [0, 0.05) is 17.7 Å². The number of amides is 1. The van der Waals surface area contributed by atoms with Crippen LogP contribution in [-0.4, -0.2) is 25.0 Å². The summed E-state index contributed by atoms with van der Waals surface area (Å²) in [6.07, 6.45) is 0.0505. The summed E-state index contributed by atoms with van der Waals surface area (Å²) in [4.78, 5) is 23.2. The Morgan fingerprint density at radius 2 is 1.80 bits per heavy atom. The van der Waals surface area contributed by atoms with Crippen molar-refractivity contribution in [2.24, 2.45) is 0 Å². The van der Waals surface area contributed by atoms with Crippen LogP contribution in [0.5, 0.6) is 0 Å². The molecule has 1 N–H and O–H groups in total. The first-order valence-electron chi connectivity index (χ1n) is 7.92. The van der Waals surface area contributed by atoms with Crippen LogP contribution in [0.2, 0.25) is 0 Å². The summed E-state index contributed by atoms with van der Waals surface area (Å²) in [7, 11) is 0. The Kier molecular flexibility index (Phi) is 6.22. The number of hydrogen-bond acceptors (Lipinski definition) is 3. The standard InChI is InChI=1S/C19H19F2NO3/c1-3-25-18(23)8-9-22-19(24)13-4-6-16(17(21)11-13)15-7-5-14(20)10-12(15)2/h4-7,10-11H,3,8-9H2,1-2H3,(H,22,24). The molecule has 0 atom stereocenters. The lowest BCUT2D eigenvalue weighted by atomic mass is 9.98. The predicted molar refractivity (Wildman–Crippen MR) is 90.1 cm³/mol. The van der Waals surface area contributed by atoms with E-state index in [4.69, 9.17) is 4.74 Å². The molecule has 132 valence electrons. The van der Waals surface area contributed by atoms with Crippen molar-refractivity contribution in [1.29, 1.82) is 0 Å². The van der Waals surface area contributed by atoms with Crippen molar-refractivity contribution in [1.82, 2.24) is 5.32 Å². The van der Waals surface area contributed by atoms with Gasteiger partial charge in [0.2, 0.25) is 0 Å². The van der Waals surface area contributed by atoms with E-state index in [9.17, 15) is 18.4 Å². The van der Waals surface area contributed by atoms with Crippen LogP contribution in [0.4, 0.5) is 8.78 Å². The molecule has 0 heterocycles. The molecule has 0 fully saturated rings. The van der Waals surface area contributed by atoms with Gasteiger partial charge in [-0.2, -0.15) is 0 Å². The summed E-state index contributed by atoms with van der Waals surface area (Å²) in [5.74, 6) is -1.85. The van der Waals surface area contributed by atoms with Gasteiger partial charge in [0.15, 0.2) is 0 Å². The third-order valence-corrected chi connectivity index (χ3v) is 3.63. The highest BCUT2D eigenvalue weighted by molar-refractivity contribution is 5.95. The average Bonchev–Trinajstić information content (AvgIpc) is 2.55. The maximum atomic E-state index is 14.4. The average molecular weight is 347 g/mol. The van der Waals surface area contributed by atoms with Crippen LogP contribution in [0.3, 0.4) is 0 Å². The predicted octanol–water partition coefficient (Wildman–Crippen LogP) is 3.62. The second-order valence-electron chi connectivity index (χ2n) is 5.46. The van der Waals surface area contributed by atoms with Crippen molar-refractivity contribution < 1.29 is 23.1 Å². The summed E-state index contributed by atoms with van der Waals surface area (Å²) in [5, 5.41) is 2.54. The molecular formula is C19H19F2NO3. The van der Waals surface area contributed by atoms with Gasteiger partial charge in [-0.25, -0.2) is 8.78 Å². The first-order valence-corrected chi connectivity index (χ1v) is 7.92. The highest BCUT2D eigenvalue weighted by Gasteiger charge is 2.13. The monoisotopic (exact) mass is 347 g/mol. The molecule has 0 aliphatic carbocycles. The molecule has 0 saturated heterocycles. The Morgan fingerprint density at radius 1 is 1.08 bits per heavy atom. The van der Waals surface area contributed by atoms with Crippen LogP contribution < -0.4 is 5.32 Å². The van der Waals surface area contributed by atoms with Gasteiger partial charge in [-0.1, -0.05) is 12.1 Å². The summed E-state index contributed by atoms with van der Waals surface area (Å²) >= 11 is 0. The van der Waals surface area contributed by atoms with Crippen LogP contribution >= 0.6 is 0 Å². The van der Waals surface area contributed by atoms with E-state index >= 15 is 0 Å². The maximum absolute atomic E-state index is 14.4. The minimum Gasteiger partial charge on any atom is -0.466 e. The number of aryl methyl sites for hydroxylation is 1. The summed E-state index contributed by atoms with van der Waals surface area (Å²) in [6, 6.07) is 8.18. The van der Waals surface area contributed by atoms with E-state index in [1.165, 1.54) is 30.3 Å². The van der Waals surface area contributed by atoms with Crippen molar-refractivity contribution in [2.45, 2.75) is 20.3 Å². The Morgan fingerprint density at radius 3 is 2.44 bits per heavy atom. The van der Waals surface area contributed by atoms with E-state index in [2.05, 4.69) is 5.32 Å². The fourth-order valence-corrected chi connectivity index (χ4v) is 2.42. The van der Waals surface area contributed by atoms with Crippen molar-refractivity contribution in [3.63, 3.8) is 0 Å². The van der Waals surface area contributed by atoms with E-state index in [-0.39, 0.29) is 31.0 Å². The second-order valence-corrected chi connectivity index (χ2v) is 5.46. The van der Waals surface area contributed by atoms with Gasteiger partial charge < -0.3 is 10.1 Å². The van der Waals surface area contributed by atoms with E-state index in [1.807, 2.05) is 0 Å². The molecule has 2 aromatic rings. The largest absolute Gasteiger partial charge is 0.466 e. The molecule has 0 aliphatic rings. The summed E-state index contributed by atoms with van der Waals surface area (Å²) in [5.41, 5.74) is 1.60. The molecule has 4 nitrogen and oxygen atoms in total. The Labute approximate surface area is 144 Å². The second kappa shape index (κ2) is 8.37. The highest BCUT2D eigenvalue weighted by Crippen LogP contribution is 2.27. The lowest BCUT2D eigenvalue weighted by Crippen LogP contribution is -2.26. The van der Waals surface area contributed by atoms with Gasteiger partial charge in [-0.3, -0.25) is 9.59 Å². The Hall–Kier alpha value is -2.76. The number of nitrogens with one attached hydrogen (secondary N) is 1. The number of ether oxygens (including phenoxy) is 1. The number of rotatable bonds is 6. The molecule has 0 aliphatic heterocycles. The minimum absolute atomic E-state index is 0.0505. The van der Waals surface area contributed by atoms with E-state index in [0.717, 1.165) is 6.07 Å². The number of esters is 1. The molecule has 0 saturated carbocycles. The van der Waals surface area contributed by atoms with Gasteiger partial charge in [-0.15, -0.1) is 0 Å². The van der Waals surface area contributed by atoms with Crippen molar-refractivity contribution in [2.75, 3.05) is 13.2 Å². The summed E-state index contributed by atoms with van der Waals surface area (Å²) < 4.78 is 32.3. The van der Waals surface area contributed by atoms with Crippen molar-refractivity contribution >= 4 is 11.9 Å². The first-order chi connectivity index (χ1) is 11.9.